The van der Waals surface area contributed by atoms with Gasteiger partial charge < -0.3 is 10.2 Å². The Morgan fingerprint density at radius 1 is 1.18 bits per heavy atom. The minimum atomic E-state index is -1.17. The molecule has 0 fully saturated rings. The molecule has 6 heteroatoms. The summed E-state index contributed by atoms with van der Waals surface area (Å²) in [7, 11) is 0. The summed E-state index contributed by atoms with van der Waals surface area (Å²) in [5, 5.41) is 18.7. The number of aromatic nitrogens is 1. The number of hydrogen-bond acceptors (Lipinski definition) is 4. The van der Waals surface area contributed by atoms with E-state index in [-0.39, 0.29) is 16.2 Å². The quantitative estimate of drug-likeness (QED) is 0.778. The molecule has 1 heterocycles. The second-order valence-electron chi connectivity index (χ2n) is 4.83. The second kappa shape index (κ2) is 5.31. The maximum Gasteiger partial charge on any atom is 0.339 e. The second-order valence-corrected chi connectivity index (χ2v) is 5.83. The molecule has 3 rings (SSSR count). The average molecular weight is 315 g/mol. The van der Waals surface area contributed by atoms with E-state index in [0.29, 0.717) is 12.1 Å². The van der Waals surface area contributed by atoms with E-state index in [4.69, 9.17) is 5.11 Å². The van der Waals surface area contributed by atoms with Crippen molar-refractivity contribution in [2.24, 2.45) is 0 Å². The van der Waals surface area contributed by atoms with Crippen LogP contribution in [0.1, 0.15) is 17.3 Å². The van der Waals surface area contributed by atoms with Crippen LogP contribution in [0, 0.1) is 0 Å². The Hall–Kier alpha value is -2.60. The van der Waals surface area contributed by atoms with E-state index in [0.717, 1.165) is 15.8 Å². The van der Waals surface area contributed by atoms with E-state index in [1.807, 2.05) is 25.1 Å². The highest BCUT2D eigenvalue weighted by atomic mass is 32.1. The fourth-order valence-electron chi connectivity index (χ4n) is 2.44. The number of benzene rings is 2. The molecule has 0 radical (unpaired) electrons. The number of carbonyl (C=O) groups is 1. The Balaban J connectivity index is 2.13. The first-order valence-corrected chi connectivity index (χ1v) is 7.53. The summed E-state index contributed by atoms with van der Waals surface area (Å²) in [5.41, 5.74) is 2.27. The Morgan fingerprint density at radius 2 is 1.86 bits per heavy atom. The number of fused-ring (bicyclic) bond motifs is 1. The van der Waals surface area contributed by atoms with Crippen LogP contribution in [0.15, 0.2) is 41.2 Å². The molecule has 22 heavy (non-hydrogen) atoms. The zero-order valence-electron chi connectivity index (χ0n) is 11.7. The molecule has 0 bridgehead atoms. The highest BCUT2D eigenvalue weighted by Crippen LogP contribution is 2.29. The SMILES string of the molecule is CCn1c(=O)sc2cc(-c3ccc(C(=O)O)c(O)c3)ccc21. The van der Waals surface area contributed by atoms with Gasteiger partial charge in [0.2, 0.25) is 0 Å². The molecule has 0 aliphatic rings. The lowest BCUT2D eigenvalue weighted by Gasteiger charge is -2.06. The summed E-state index contributed by atoms with van der Waals surface area (Å²) in [4.78, 5) is 22.8. The summed E-state index contributed by atoms with van der Waals surface area (Å²) < 4.78 is 2.57. The molecular formula is C16H13NO4S. The van der Waals surface area contributed by atoms with Gasteiger partial charge in [-0.3, -0.25) is 9.36 Å². The first kappa shape index (κ1) is 14.3. The van der Waals surface area contributed by atoms with Crippen molar-refractivity contribution in [2.45, 2.75) is 13.5 Å². The third-order valence-corrected chi connectivity index (χ3v) is 4.49. The van der Waals surface area contributed by atoms with Crippen LogP contribution >= 0.6 is 11.3 Å². The van der Waals surface area contributed by atoms with Gasteiger partial charge in [-0.2, -0.15) is 0 Å². The van der Waals surface area contributed by atoms with Crippen LogP contribution in [0.2, 0.25) is 0 Å². The minimum Gasteiger partial charge on any atom is -0.507 e. The van der Waals surface area contributed by atoms with Crippen molar-refractivity contribution in [3.63, 3.8) is 0 Å². The van der Waals surface area contributed by atoms with Gasteiger partial charge in [-0.15, -0.1) is 0 Å². The van der Waals surface area contributed by atoms with Gasteiger partial charge in [-0.05, 0) is 42.3 Å². The third kappa shape index (κ3) is 2.27. The molecule has 0 saturated heterocycles. The van der Waals surface area contributed by atoms with Crippen LogP contribution < -0.4 is 4.87 Å². The van der Waals surface area contributed by atoms with Crippen molar-refractivity contribution in [2.75, 3.05) is 0 Å². The number of hydrogen-bond donors (Lipinski definition) is 2. The molecule has 0 amide bonds. The molecular weight excluding hydrogens is 302 g/mol. The van der Waals surface area contributed by atoms with Crippen molar-refractivity contribution in [3.8, 4) is 16.9 Å². The van der Waals surface area contributed by atoms with Gasteiger partial charge in [-0.25, -0.2) is 4.79 Å². The van der Waals surface area contributed by atoms with Crippen LogP contribution in [-0.4, -0.2) is 20.7 Å². The number of carboxylic acids is 1. The summed E-state index contributed by atoms with van der Waals surface area (Å²) in [6.45, 7) is 2.54. The Kier molecular flexibility index (Phi) is 3.46. The smallest absolute Gasteiger partial charge is 0.339 e. The fraction of sp³-hybridized carbons (Fsp3) is 0.125. The van der Waals surface area contributed by atoms with Gasteiger partial charge in [-0.1, -0.05) is 23.5 Å². The van der Waals surface area contributed by atoms with E-state index < -0.39 is 5.97 Å². The van der Waals surface area contributed by atoms with Crippen LogP contribution in [0.5, 0.6) is 5.75 Å². The maximum atomic E-state index is 11.9. The lowest BCUT2D eigenvalue weighted by molar-refractivity contribution is 0.0694. The summed E-state index contributed by atoms with van der Waals surface area (Å²) in [6.07, 6.45) is 0. The molecule has 0 aliphatic carbocycles. The molecule has 112 valence electrons. The molecule has 2 N–H and O–H groups in total. The van der Waals surface area contributed by atoms with Crippen molar-refractivity contribution in [3.05, 3.63) is 51.6 Å². The van der Waals surface area contributed by atoms with E-state index in [2.05, 4.69) is 0 Å². The van der Waals surface area contributed by atoms with E-state index in [1.54, 1.807) is 10.6 Å². The Morgan fingerprint density at radius 3 is 2.50 bits per heavy atom. The molecule has 0 atom stereocenters. The van der Waals surface area contributed by atoms with Crippen molar-refractivity contribution in [1.29, 1.82) is 0 Å². The Labute approximate surface area is 129 Å². The standard InChI is InChI=1S/C16H13NO4S/c1-2-17-12-6-4-10(8-14(12)22-16(17)21)9-3-5-11(15(19)20)13(18)7-9/h3-8,18H,2H2,1H3,(H,19,20). The highest BCUT2D eigenvalue weighted by molar-refractivity contribution is 7.16. The van der Waals surface area contributed by atoms with Crippen LogP contribution in [-0.2, 0) is 6.54 Å². The fourth-order valence-corrected chi connectivity index (χ4v) is 3.43. The van der Waals surface area contributed by atoms with Crippen LogP contribution in [0.25, 0.3) is 21.3 Å². The topological polar surface area (TPSA) is 79.5 Å². The van der Waals surface area contributed by atoms with Crippen molar-refractivity contribution < 1.29 is 15.0 Å². The highest BCUT2D eigenvalue weighted by Gasteiger charge is 2.12. The molecule has 2 aromatic carbocycles. The number of thiazole rings is 1. The molecule has 0 unspecified atom stereocenters. The first-order valence-electron chi connectivity index (χ1n) is 6.71. The molecule has 0 aliphatic heterocycles. The molecule has 0 spiro atoms. The van der Waals surface area contributed by atoms with E-state index >= 15 is 0 Å². The van der Waals surface area contributed by atoms with Gasteiger partial charge in [0, 0.05) is 6.54 Å². The molecule has 1 aromatic heterocycles. The van der Waals surface area contributed by atoms with Crippen LogP contribution in [0.4, 0.5) is 0 Å². The summed E-state index contributed by atoms with van der Waals surface area (Å²) in [6, 6.07) is 10.0. The first-order chi connectivity index (χ1) is 10.5. The number of nitrogens with zero attached hydrogens (tertiary/aromatic N) is 1. The van der Waals surface area contributed by atoms with Gasteiger partial charge >= 0.3 is 10.8 Å². The van der Waals surface area contributed by atoms with Crippen molar-refractivity contribution >= 4 is 27.5 Å². The molecule has 5 nitrogen and oxygen atoms in total. The van der Waals surface area contributed by atoms with Gasteiger partial charge in [0.15, 0.2) is 0 Å². The average Bonchev–Trinajstić information content (AvgIpc) is 2.80. The van der Waals surface area contributed by atoms with Gasteiger partial charge in [0.1, 0.15) is 11.3 Å². The largest absolute Gasteiger partial charge is 0.507 e. The summed E-state index contributed by atoms with van der Waals surface area (Å²) >= 11 is 1.18. The third-order valence-electron chi connectivity index (χ3n) is 3.55. The predicted molar refractivity (Wildman–Crippen MR) is 85.8 cm³/mol. The lowest BCUT2D eigenvalue weighted by atomic mass is 10.0. The molecule has 0 saturated carbocycles. The van der Waals surface area contributed by atoms with Gasteiger partial charge in [0.05, 0.1) is 10.2 Å². The summed E-state index contributed by atoms with van der Waals surface area (Å²) in [5.74, 6) is -1.44. The normalized spacial score (nSPS) is 11.0. The number of aromatic carboxylic acids is 1. The van der Waals surface area contributed by atoms with Crippen molar-refractivity contribution in [1.82, 2.24) is 4.57 Å². The minimum absolute atomic E-state index is 0.00118. The number of rotatable bonds is 3. The monoisotopic (exact) mass is 315 g/mol. The lowest BCUT2D eigenvalue weighted by Crippen LogP contribution is -2.10. The van der Waals surface area contributed by atoms with E-state index in [9.17, 15) is 14.7 Å². The maximum absolute atomic E-state index is 11.9. The zero-order valence-corrected chi connectivity index (χ0v) is 12.6. The van der Waals surface area contributed by atoms with E-state index in [1.165, 1.54) is 23.5 Å². The molecule has 3 aromatic rings. The zero-order chi connectivity index (χ0) is 15.9. The number of phenols is 1. The number of aromatic hydroxyl groups is 1. The predicted octanol–water partition coefficient (Wildman–Crippen LogP) is 3.15. The number of aryl methyl sites for hydroxylation is 1. The number of carboxylic acid groups (broad SMARTS) is 1. The van der Waals surface area contributed by atoms with Crippen LogP contribution in [0.3, 0.4) is 0 Å². The van der Waals surface area contributed by atoms with Gasteiger partial charge in [0.25, 0.3) is 0 Å². The Bertz CT molecular complexity index is 939.